The maximum Gasteiger partial charge on any atom is 0.346 e. The van der Waals surface area contributed by atoms with Crippen molar-refractivity contribution in [2.45, 2.75) is 39.0 Å². The Morgan fingerprint density at radius 1 is 1.26 bits per heavy atom. The van der Waals surface area contributed by atoms with Gasteiger partial charge in [0, 0.05) is 6.20 Å². The second-order valence-electron chi connectivity index (χ2n) is 4.40. The van der Waals surface area contributed by atoms with Crippen LogP contribution in [0.4, 0.5) is 5.82 Å². The molecule has 19 heavy (non-hydrogen) atoms. The molecule has 1 heterocycles. The molecule has 0 atom stereocenters. The average molecular weight is 268 g/mol. The molecule has 108 valence electrons. The van der Waals surface area contributed by atoms with Crippen molar-refractivity contribution in [1.29, 1.82) is 0 Å². The lowest BCUT2D eigenvalue weighted by molar-refractivity contribution is 0.186. The van der Waals surface area contributed by atoms with Gasteiger partial charge in [-0.15, -0.1) is 0 Å². The summed E-state index contributed by atoms with van der Waals surface area (Å²) in [5.74, 6) is 0.526. The number of rotatable bonds is 11. The number of nitrogens with zero attached hydrogens (tertiary/aromatic N) is 1. The number of aromatic amines is 1. The summed E-state index contributed by atoms with van der Waals surface area (Å²) < 4.78 is 0. The molecule has 0 aromatic carbocycles. The number of aromatic nitrogens is 2. The van der Waals surface area contributed by atoms with Crippen LogP contribution >= 0.6 is 0 Å². The van der Waals surface area contributed by atoms with E-state index in [1.807, 2.05) is 0 Å². The minimum Gasteiger partial charge on any atom is -0.317 e. The molecule has 0 aliphatic carbocycles. The first kappa shape index (κ1) is 15.7. The van der Waals surface area contributed by atoms with Crippen LogP contribution in [0.5, 0.6) is 0 Å². The van der Waals surface area contributed by atoms with E-state index in [-0.39, 0.29) is 5.69 Å². The Hall–Kier alpha value is -1.40. The molecule has 6 nitrogen and oxygen atoms in total. The Balaban J connectivity index is 1.90. The zero-order chi connectivity index (χ0) is 13.8. The molecule has 1 aromatic heterocycles. The maximum atomic E-state index is 10.9. The van der Waals surface area contributed by atoms with Crippen LogP contribution in [-0.2, 0) is 4.84 Å². The number of anilines is 1. The van der Waals surface area contributed by atoms with Crippen LogP contribution in [0.25, 0.3) is 0 Å². The van der Waals surface area contributed by atoms with Crippen LogP contribution < -0.4 is 16.5 Å². The largest absolute Gasteiger partial charge is 0.346 e. The SMILES string of the molecule is CCCCCNCCCCONc1ccnc(=O)[nH]1. The Kier molecular flexibility index (Phi) is 8.67. The van der Waals surface area contributed by atoms with Crippen molar-refractivity contribution < 1.29 is 4.84 Å². The second-order valence-corrected chi connectivity index (χ2v) is 4.40. The van der Waals surface area contributed by atoms with E-state index in [4.69, 9.17) is 4.84 Å². The van der Waals surface area contributed by atoms with Crippen LogP contribution in [0.15, 0.2) is 17.1 Å². The average Bonchev–Trinajstić information content (AvgIpc) is 2.41. The normalized spacial score (nSPS) is 10.6. The monoisotopic (exact) mass is 268 g/mol. The number of unbranched alkanes of at least 4 members (excludes halogenated alkanes) is 3. The fourth-order valence-electron chi connectivity index (χ4n) is 1.61. The first-order chi connectivity index (χ1) is 9.33. The predicted molar refractivity (Wildman–Crippen MR) is 76.1 cm³/mol. The van der Waals surface area contributed by atoms with Crippen LogP contribution in [0.1, 0.15) is 39.0 Å². The minimum absolute atomic E-state index is 0.384. The molecule has 1 aromatic rings. The molecule has 0 bridgehead atoms. The van der Waals surface area contributed by atoms with Gasteiger partial charge in [-0.05, 0) is 38.4 Å². The van der Waals surface area contributed by atoms with Crippen LogP contribution in [0.3, 0.4) is 0 Å². The van der Waals surface area contributed by atoms with Gasteiger partial charge in [-0.25, -0.2) is 9.78 Å². The molecule has 0 fully saturated rings. The van der Waals surface area contributed by atoms with Gasteiger partial charge in [0.2, 0.25) is 0 Å². The smallest absolute Gasteiger partial charge is 0.317 e. The molecular weight excluding hydrogens is 244 g/mol. The van der Waals surface area contributed by atoms with E-state index < -0.39 is 0 Å². The van der Waals surface area contributed by atoms with Crippen LogP contribution in [0.2, 0.25) is 0 Å². The molecule has 0 spiro atoms. The van der Waals surface area contributed by atoms with Crippen molar-refractivity contribution in [3.8, 4) is 0 Å². The van der Waals surface area contributed by atoms with Gasteiger partial charge in [0.25, 0.3) is 0 Å². The number of nitrogens with one attached hydrogen (secondary N) is 3. The van der Waals surface area contributed by atoms with Gasteiger partial charge in [0.05, 0.1) is 6.61 Å². The number of H-pyrrole nitrogens is 1. The van der Waals surface area contributed by atoms with E-state index in [1.165, 1.54) is 25.5 Å². The van der Waals surface area contributed by atoms with Gasteiger partial charge in [0.15, 0.2) is 0 Å². The Morgan fingerprint density at radius 3 is 2.79 bits per heavy atom. The molecule has 0 saturated carbocycles. The van der Waals surface area contributed by atoms with Gasteiger partial charge in [0.1, 0.15) is 5.82 Å². The first-order valence-corrected chi connectivity index (χ1v) is 6.96. The summed E-state index contributed by atoms with van der Waals surface area (Å²) in [6, 6.07) is 1.65. The maximum absolute atomic E-state index is 10.9. The minimum atomic E-state index is -0.384. The summed E-state index contributed by atoms with van der Waals surface area (Å²) in [5.41, 5.74) is 2.30. The Bertz CT molecular complexity index is 381. The van der Waals surface area contributed by atoms with Gasteiger partial charge < -0.3 is 5.32 Å². The molecule has 6 heteroatoms. The van der Waals surface area contributed by atoms with Crippen molar-refractivity contribution in [3.63, 3.8) is 0 Å². The Morgan fingerprint density at radius 2 is 2.05 bits per heavy atom. The molecule has 0 aliphatic heterocycles. The highest BCUT2D eigenvalue weighted by Gasteiger charge is 1.93. The van der Waals surface area contributed by atoms with Crippen LogP contribution in [0, 0.1) is 0 Å². The molecule has 0 unspecified atom stereocenters. The first-order valence-electron chi connectivity index (χ1n) is 6.96. The van der Waals surface area contributed by atoms with Crippen molar-refractivity contribution in [2.24, 2.45) is 0 Å². The zero-order valence-corrected chi connectivity index (χ0v) is 11.6. The topological polar surface area (TPSA) is 79.0 Å². The Labute approximate surface area is 113 Å². The summed E-state index contributed by atoms with van der Waals surface area (Å²) in [6.07, 6.45) is 7.31. The zero-order valence-electron chi connectivity index (χ0n) is 11.6. The lowest BCUT2D eigenvalue weighted by atomic mass is 10.2. The van der Waals surface area contributed by atoms with E-state index in [1.54, 1.807) is 6.07 Å². The molecular formula is C13H24N4O2. The number of hydrogen-bond acceptors (Lipinski definition) is 5. The third kappa shape index (κ3) is 8.34. The standard InChI is InChI=1S/C13H24N4O2/c1-2-3-4-8-14-9-5-6-11-19-17-12-7-10-15-13(18)16-12/h7,10,14H,2-6,8-9,11H2,1H3,(H2,15,16,17,18). The van der Waals surface area contributed by atoms with Crippen molar-refractivity contribution >= 4 is 5.82 Å². The van der Waals surface area contributed by atoms with E-state index in [0.717, 1.165) is 25.9 Å². The highest BCUT2D eigenvalue weighted by Crippen LogP contribution is 1.97. The van der Waals surface area contributed by atoms with Gasteiger partial charge >= 0.3 is 5.69 Å². The molecule has 1 rings (SSSR count). The van der Waals surface area contributed by atoms with Crippen molar-refractivity contribution in [2.75, 3.05) is 25.2 Å². The third-order valence-electron chi connectivity index (χ3n) is 2.66. The van der Waals surface area contributed by atoms with E-state index in [9.17, 15) is 4.79 Å². The fraction of sp³-hybridized carbons (Fsp3) is 0.692. The quantitative estimate of drug-likeness (QED) is 0.420. The summed E-state index contributed by atoms with van der Waals surface area (Å²) in [4.78, 5) is 22.2. The summed E-state index contributed by atoms with van der Waals surface area (Å²) in [7, 11) is 0. The lowest BCUT2D eigenvalue weighted by Crippen LogP contribution is -2.17. The highest BCUT2D eigenvalue weighted by molar-refractivity contribution is 5.27. The summed E-state index contributed by atoms with van der Waals surface area (Å²) in [5, 5.41) is 3.40. The van der Waals surface area contributed by atoms with Gasteiger partial charge in [-0.2, -0.15) is 0 Å². The molecule has 0 saturated heterocycles. The predicted octanol–water partition coefficient (Wildman–Crippen LogP) is 1.67. The highest BCUT2D eigenvalue weighted by atomic mass is 16.6. The number of hydrogen-bond donors (Lipinski definition) is 3. The van der Waals surface area contributed by atoms with Crippen LogP contribution in [-0.4, -0.2) is 29.7 Å². The second kappa shape index (κ2) is 10.5. The lowest BCUT2D eigenvalue weighted by Gasteiger charge is -2.06. The molecule has 0 aliphatic rings. The van der Waals surface area contributed by atoms with Crippen molar-refractivity contribution in [1.82, 2.24) is 15.3 Å². The summed E-state index contributed by atoms with van der Waals surface area (Å²) >= 11 is 0. The van der Waals surface area contributed by atoms with Gasteiger partial charge in [-0.1, -0.05) is 19.8 Å². The van der Waals surface area contributed by atoms with E-state index in [0.29, 0.717) is 12.4 Å². The molecule has 3 N–H and O–H groups in total. The van der Waals surface area contributed by atoms with E-state index >= 15 is 0 Å². The third-order valence-corrected chi connectivity index (χ3v) is 2.66. The van der Waals surface area contributed by atoms with Crippen molar-refractivity contribution in [3.05, 3.63) is 22.7 Å². The van der Waals surface area contributed by atoms with Gasteiger partial charge in [-0.3, -0.25) is 15.3 Å². The molecule has 0 radical (unpaired) electrons. The molecule has 0 amide bonds. The van der Waals surface area contributed by atoms with E-state index in [2.05, 4.69) is 27.7 Å². The fourth-order valence-corrected chi connectivity index (χ4v) is 1.61. The summed E-state index contributed by atoms with van der Waals surface area (Å²) in [6.45, 7) is 4.95.